The van der Waals surface area contributed by atoms with Gasteiger partial charge in [0.25, 0.3) is 10.0 Å². The molecule has 106 valence electrons. The zero-order valence-electron chi connectivity index (χ0n) is 10.3. The van der Waals surface area contributed by atoms with E-state index in [9.17, 15) is 13.2 Å². The zero-order chi connectivity index (χ0) is 14.2. The van der Waals surface area contributed by atoms with Crippen molar-refractivity contribution in [1.29, 1.82) is 0 Å². The number of piperidine rings is 1. The lowest BCUT2D eigenvalue weighted by atomic mass is 10.0. The highest BCUT2D eigenvalue weighted by Gasteiger charge is 2.39. The SMILES string of the molecule is Cn1nnc(Br)c1S(=O)(=O)N1CCCCC1C(N)=O. The number of carbonyl (C=O) groups is 1. The Balaban J connectivity index is 2.46. The Kier molecular flexibility index (Phi) is 3.92. The summed E-state index contributed by atoms with van der Waals surface area (Å²) in [5, 5.41) is 7.23. The highest BCUT2D eigenvalue weighted by molar-refractivity contribution is 9.10. The zero-order valence-corrected chi connectivity index (χ0v) is 12.7. The van der Waals surface area contributed by atoms with E-state index in [0.717, 1.165) is 15.4 Å². The average molecular weight is 352 g/mol. The van der Waals surface area contributed by atoms with Gasteiger partial charge in [0.15, 0.2) is 4.60 Å². The van der Waals surface area contributed by atoms with Crippen molar-refractivity contribution < 1.29 is 13.2 Å². The quantitative estimate of drug-likeness (QED) is 0.796. The van der Waals surface area contributed by atoms with Crippen LogP contribution >= 0.6 is 15.9 Å². The summed E-state index contributed by atoms with van der Waals surface area (Å²) in [4.78, 5) is 11.4. The number of sulfonamides is 1. The highest BCUT2D eigenvalue weighted by atomic mass is 79.9. The van der Waals surface area contributed by atoms with E-state index in [1.807, 2.05) is 0 Å². The molecule has 1 saturated heterocycles. The Morgan fingerprint density at radius 2 is 2.16 bits per heavy atom. The number of hydrogen-bond donors (Lipinski definition) is 1. The van der Waals surface area contributed by atoms with Crippen molar-refractivity contribution in [2.24, 2.45) is 12.8 Å². The summed E-state index contributed by atoms with van der Waals surface area (Å²) in [6.45, 7) is 0.271. The van der Waals surface area contributed by atoms with E-state index in [1.165, 1.54) is 7.05 Å². The van der Waals surface area contributed by atoms with Gasteiger partial charge in [0.1, 0.15) is 6.04 Å². The van der Waals surface area contributed by atoms with Crippen LogP contribution in [0, 0.1) is 0 Å². The predicted molar refractivity (Wildman–Crippen MR) is 69.4 cm³/mol. The number of nitrogens with two attached hydrogens (primary N) is 1. The minimum atomic E-state index is -3.85. The van der Waals surface area contributed by atoms with Crippen molar-refractivity contribution in [1.82, 2.24) is 19.3 Å². The molecule has 1 fully saturated rings. The average Bonchev–Trinajstić information content (AvgIpc) is 2.69. The molecule has 8 nitrogen and oxygen atoms in total. The summed E-state index contributed by atoms with van der Waals surface area (Å²) in [6, 6.07) is -0.805. The van der Waals surface area contributed by atoms with Crippen molar-refractivity contribution in [2.75, 3.05) is 6.54 Å². The maximum absolute atomic E-state index is 12.6. The van der Waals surface area contributed by atoms with Gasteiger partial charge in [-0.05, 0) is 28.8 Å². The van der Waals surface area contributed by atoms with Crippen LogP contribution in [0.4, 0.5) is 0 Å². The molecule has 0 aromatic carbocycles. The van der Waals surface area contributed by atoms with Gasteiger partial charge in [0.2, 0.25) is 10.9 Å². The fourth-order valence-electron chi connectivity index (χ4n) is 2.18. The second-order valence-corrected chi connectivity index (χ2v) is 6.90. The van der Waals surface area contributed by atoms with Crippen LogP contribution in [0.1, 0.15) is 19.3 Å². The molecule has 0 aliphatic carbocycles. The van der Waals surface area contributed by atoms with Crippen molar-refractivity contribution in [2.45, 2.75) is 30.3 Å². The first-order valence-electron chi connectivity index (χ1n) is 5.72. The molecular weight excluding hydrogens is 338 g/mol. The van der Waals surface area contributed by atoms with E-state index in [-0.39, 0.29) is 16.2 Å². The molecule has 2 N–H and O–H groups in total. The summed E-state index contributed by atoms with van der Waals surface area (Å²) < 4.78 is 27.6. The smallest absolute Gasteiger partial charge is 0.263 e. The number of nitrogens with zero attached hydrogens (tertiary/aromatic N) is 4. The van der Waals surface area contributed by atoms with Crippen molar-refractivity contribution in [3.8, 4) is 0 Å². The third-order valence-corrected chi connectivity index (χ3v) is 5.87. The number of aryl methyl sites for hydroxylation is 1. The molecule has 1 aliphatic heterocycles. The van der Waals surface area contributed by atoms with Gasteiger partial charge in [-0.3, -0.25) is 4.79 Å². The Labute approximate surface area is 119 Å². The summed E-state index contributed by atoms with van der Waals surface area (Å²) in [7, 11) is -2.37. The van der Waals surface area contributed by atoms with Gasteiger partial charge < -0.3 is 5.73 Å². The predicted octanol–water partition coefficient (Wildman–Crippen LogP) is -0.394. The van der Waals surface area contributed by atoms with E-state index < -0.39 is 22.0 Å². The Morgan fingerprint density at radius 1 is 1.47 bits per heavy atom. The van der Waals surface area contributed by atoms with Gasteiger partial charge in [-0.2, -0.15) is 4.31 Å². The number of amides is 1. The number of hydrogen-bond acceptors (Lipinski definition) is 5. The Bertz CT molecular complexity index is 579. The fraction of sp³-hybridized carbons (Fsp3) is 0.667. The second-order valence-electron chi connectivity index (χ2n) is 4.34. The Hall–Kier alpha value is -1.00. The molecule has 0 radical (unpaired) electrons. The second kappa shape index (κ2) is 5.17. The van der Waals surface area contributed by atoms with Crippen molar-refractivity contribution in [3.05, 3.63) is 4.60 Å². The molecule has 2 heterocycles. The number of aromatic nitrogens is 3. The van der Waals surface area contributed by atoms with E-state index in [0.29, 0.717) is 12.8 Å². The van der Waals surface area contributed by atoms with Gasteiger partial charge in [0, 0.05) is 13.6 Å². The molecule has 10 heteroatoms. The number of halogens is 1. The molecular formula is C9H14BrN5O3S. The van der Waals surface area contributed by atoms with Gasteiger partial charge in [-0.1, -0.05) is 11.6 Å². The third kappa shape index (κ3) is 2.51. The van der Waals surface area contributed by atoms with E-state index in [2.05, 4.69) is 26.2 Å². The third-order valence-electron chi connectivity index (χ3n) is 3.07. The van der Waals surface area contributed by atoms with Crippen molar-refractivity contribution >= 4 is 31.9 Å². The minimum absolute atomic E-state index is 0.0688. The molecule has 1 aromatic heterocycles. The van der Waals surface area contributed by atoms with Crippen LogP contribution < -0.4 is 5.73 Å². The van der Waals surface area contributed by atoms with Crippen LogP contribution in [0.2, 0.25) is 0 Å². The van der Waals surface area contributed by atoms with Crippen LogP contribution in [0.25, 0.3) is 0 Å². The lowest BCUT2D eigenvalue weighted by Gasteiger charge is -2.32. The van der Waals surface area contributed by atoms with E-state index >= 15 is 0 Å². The standard InChI is InChI=1S/C9H14BrN5O3S/c1-14-9(7(10)12-13-14)19(17,18)15-5-3-2-4-6(15)8(11)16/h6H,2-5H2,1H3,(H2,11,16). The van der Waals surface area contributed by atoms with Crippen LogP contribution in [0.5, 0.6) is 0 Å². The van der Waals surface area contributed by atoms with Gasteiger partial charge >= 0.3 is 0 Å². The first-order valence-corrected chi connectivity index (χ1v) is 7.95. The molecule has 0 bridgehead atoms. The number of carbonyl (C=O) groups excluding carboxylic acids is 1. The van der Waals surface area contributed by atoms with Crippen LogP contribution in [-0.4, -0.2) is 46.2 Å². The topological polar surface area (TPSA) is 111 Å². The lowest BCUT2D eigenvalue weighted by Crippen LogP contribution is -2.50. The van der Waals surface area contributed by atoms with Crippen LogP contribution in [0.15, 0.2) is 9.63 Å². The summed E-state index contributed by atoms with van der Waals surface area (Å²) in [6.07, 6.45) is 1.92. The van der Waals surface area contributed by atoms with E-state index in [4.69, 9.17) is 5.73 Å². The highest BCUT2D eigenvalue weighted by Crippen LogP contribution is 2.28. The van der Waals surface area contributed by atoms with Crippen molar-refractivity contribution in [3.63, 3.8) is 0 Å². The molecule has 1 aliphatic rings. The number of primary amides is 1. The largest absolute Gasteiger partial charge is 0.368 e. The summed E-state index contributed by atoms with van der Waals surface area (Å²) in [5.74, 6) is -0.630. The lowest BCUT2D eigenvalue weighted by molar-refractivity contribution is -0.122. The molecule has 1 atom stereocenters. The molecule has 1 unspecified atom stereocenters. The van der Waals surface area contributed by atoms with Gasteiger partial charge in [-0.25, -0.2) is 13.1 Å². The summed E-state index contributed by atoms with van der Waals surface area (Å²) in [5.41, 5.74) is 5.29. The minimum Gasteiger partial charge on any atom is -0.368 e. The molecule has 0 saturated carbocycles. The monoisotopic (exact) mass is 351 g/mol. The van der Waals surface area contributed by atoms with Crippen LogP contribution in [0.3, 0.4) is 0 Å². The van der Waals surface area contributed by atoms with Crippen LogP contribution in [-0.2, 0) is 21.9 Å². The molecule has 1 aromatic rings. The normalized spacial score (nSPS) is 21.5. The maximum Gasteiger partial charge on any atom is 0.263 e. The first kappa shape index (κ1) is 14.4. The molecule has 1 amide bonds. The maximum atomic E-state index is 12.6. The number of rotatable bonds is 3. The molecule has 2 rings (SSSR count). The van der Waals surface area contributed by atoms with Gasteiger partial charge in [-0.15, -0.1) is 5.10 Å². The molecule has 0 spiro atoms. The van der Waals surface area contributed by atoms with Gasteiger partial charge in [0.05, 0.1) is 0 Å². The van der Waals surface area contributed by atoms with E-state index in [1.54, 1.807) is 0 Å². The fourth-order valence-corrected chi connectivity index (χ4v) is 4.89. The summed E-state index contributed by atoms with van der Waals surface area (Å²) >= 11 is 3.06. The Morgan fingerprint density at radius 3 is 2.68 bits per heavy atom. The first-order chi connectivity index (χ1) is 8.85. The molecule has 19 heavy (non-hydrogen) atoms.